The Morgan fingerprint density at radius 1 is 1.33 bits per heavy atom. The summed E-state index contributed by atoms with van der Waals surface area (Å²) in [5.74, 6) is -0.774. The Morgan fingerprint density at radius 3 is 2.52 bits per heavy atom. The van der Waals surface area contributed by atoms with Gasteiger partial charge in [0.25, 0.3) is 0 Å². The molecule has 0 aliphatic rings. The first-order chi connectivity index (χ1) is 9.77. The molecule has 0 amide bonds. The number of hydrogen-bond donors (Lipinski definition) is 3. The molecule has 0 aliphatic carbocycles. The molecule has 0 radical (unpaired) electrons. The summed E-state index contributed by atoms with van der Waals surface area (Å²) in [6.45, 7) is 6.73. The number of sulfonamides is 1. The summed E-state index contributed by atoms with van der Waals surface area (Å²) < 4.78 is 26.7. The minimum absolute atomic E-state index is 0.0368. The molecule has 0 spiro atoms. The third kappa shape index (κ3) is 5.02. The highest BCUT2D eigenvalue weighted by atomic mass is 32.2. The average Bonchev–Trinajstić information content (AvgIpc) is 2.38. The van der Waals surface area contributed by atoms with Crippen molar-refractivity contribution in [3.63, 3.8) is 0 Å². The van der Waals surface area contributed by atoms with Gasteiger partial charge in [0.15, 0.2) is 0 Å². The summed E-state index contributed by atoms with van der Waals surface area (Å²) in [4.78, 5) is 11.2. The minimum Gasteiger partial charge on any atom is -0.478 e. The fourth-order valence-corrected chi connectivity index (χ4v) is 2.85. The SMILES string of the molecule is CCNc1ccc(S(=O)(=O)NCCC(C)C)cc1C(=O)O. The lowest BCUT2D eigenvalue weighted by Gasteiger charge is -2.11. The maximum Gasteiger partial charge on any atom is 0.337 e. The van der Waals surface area contributed by atoms with Crippen molar-refractivity contribution >= 4 is 21.7 Å². The molecule has 0 aromatic heterocycles. The van der Waals surface area contributed by atoms with Crippen LogP contribution in [0.4, 0.5) is 5.69 Å². The predicted octanol–water partition coefficient (Wildman–Crippen LogP) is 2.14. The molecule has 0 saturated heterocycles. The van der Waals surface area contributed by atoms with Crippen molar-refractivity contribution in [3.8, 4) is 0 Å². The third-order valence-electron chi connectivity index (χ3n) is 2.91. The summed E-state index contributed by atoms with van der Waals surface area (Å²) in [7, 11) is -3.68. The van der Waals surface area contributed by atoms with Crippen LogP contribution in [-0.2, 0) is 10.0 Å². The third-order valence-corrected chi connectivity index (χ3v) is 4.37. The number of rotatable bonds is 8. The molecule has 7 heteroatoms. The normalized spacial score (nSPS) is 11.6. The summed E-state index contributed by atoms with van der Waals surface area (Å²) in [5.41, 5.74) is 0.356. The van der Waals surface area contributed by atoms with Crippen molar-refractivity contribution < 1.29 is 18.3 Å². The molecule has 118 valence electrons. The first kappa shape index (κ1) is 17.5. The van der Waals surface area contributed by atoms with Crippen molar-refractivity contribution in [2.45, 2.75) is 32.1 Å². The molecular weight excluding hydrogens is 292 g/mol. The molecule has 1 aromatic rings. The van der Waals surface area contributed by atoms with Crippen molar-refractivity contribution in [1.29, 1.82) is 0 Å². The molecule has 21 heavy (non-hydrogen) atoms. The number of hydrogen-bond acceptors (Lipinski definition) is 4. The Labute approximate surface area is 125 Å². The summed E-state index contributed by atoms with van der Waals surface area (Å²) in [6.07, 6.45) is 0.723. The van der Waals surface area contributed by atoms with Crippen LogP contribution in [0, 0.1) is 5.92 Å². The number of nitrogens with one attached hydrogen (secondary N) is 2. The second-order valence-corrected chi connectivity index (χ2v) is 6.89. The van der Waals surface area contributed by atoms with E-state index in [0.29, 0.717) is 24.7 Å². The van der Waals surface area contributed by atoms with E-state index in [1.54, 1.807) is 0 Å². The predicted molar refractivity (Wildman–Crippen MR) is 82.2 cm³/mol. The Morgan fingerprint density at radius 2 is 2.00 bits per heavy atom. The number of anilines is 1. The largest absolute Gasteiger partial charge is 0.478 e. The highest BCUT2D eigenvalue weighted by Gasteiger charge is 2.18. The van der Waals surface area contributed by atoms with Gasteiger partial charge in [0.1, 0.15) is 0 Å². The minimum atomic E-state index is -3.68. The number of aromatic carboxylic acids is 1. The van der Waals surface area contributed by atoms with Crippen molar-refractivity contribution in [2.75, 3.05) is 18.4 Å². The van der Waals surface area contributed by atoms with E-state index >= 15 is 0 Å². The van der Waals surface area contributed by atoms with E-state index in [-0.39, 0.29) is 10.5 Å². The zero-order valence-electron chi connectivity index (χ0n) is 12.5. The molecular formula is C14H22N2O4S. The Hall–Kier alpha value is -1.60. The monoisotopic (exact) mass is 314 g/mol. The van der Waals surface area contributed by atoms with Gasteiger partial charge in [0.05, 0.1) is 10.5 Å². The Bertz CT molecular complexity index is 597. The molecule has 0 atom stereocenters. The van der Waals surface area contributed by atoms with Crippen LogP contribution in [0.3, 0.4) is 0 Å². The molecule has 0 unspecified atom stereocenters. The van der Waals surface area contributed by atoms with Gasteiger partial charge < -0.3 is 10.4 Å². The van der Waals surface area contributed by atoms with Crippen molar-refractivity contribution in [1.82, 2.24) is 4.72 Å². The second-order valence-electron chi connectivity index (χ2n) is 5.12. The Kier molecular flexibility index (Phi) is 6.17. The van der Waals surface area contributed by atoms with Gasteiger partial charge in [-0.3, -0.25) is 0 Å². The van der Waals surface area contributed by atoms with Crippen LogP contribution in [0.15, 0.2) is 23.1 Å². The molecule has 0 heterocycles. The zero-order valence-corrected chi connectivity index (χ0v) is 13.3. The number of carbonyl (C=O) groups is 1. The van der Waals surface area contributed by atoms with Gasteiger partial charge in [-0.15, -0.1) is 0 Å². The van der Waals surface area contributed by atoms with Crippen molar-refractivity contribution in [3.05, 3.63) is 23.8 Å². The number of carboxylic acids is 1. The van der Waals surface area contributed by atoms with Crippen LogP contribution in [-0.4, -0.2) is 32.6 Å². The molecule has 0 aliphatic heterocycles. The maximum atomic E-state index is 12.1. The van der Waals surface area contributed by atoms with Crippen LogP contribution in [0.2, 0.25) is 0 Å². The van der Waals surface area contributed by atoms with Crippen LogP contribution < -0.4 is 10.0 Å². The van der Waals surface area contributed by atoms with E-state index in [9.17, 15) is 18.3 Å². The van der Waals surface area contributed by atoms with Crippen molar-refractivity contribution in [2.24, 2.45) is 5.92 Å². The lowest BCUT2D eigenvalue weighted by atomic mass is 10.1. The number of carboxylic acid groups (broad SMARTS) is 1. The zero-order chi connectivity index (χ0) is 16.0. The quantitative estimate of drug-likeness (QED) is 0.683. The van der Waals surface area contributed by atoms with E-state index in [4.69, 9.17) is 0 Å². The van der Waals surface area contributed by atoms with Gasteiger partial charge in [0.2, 0.25) is 10.0 Å². The highest BCUT2D eigenvalue weighted by molar-refractivity contribution is 7.89. The molecule has 0 bridgehead atoms. The highest BCUT2D eigenvalue weighted by Crippen LogP contribution is 2.20. The van der Waals surface area contributed by atoms with Crippen LogP contribution in [0.1, 0.15) is 37.6 Å². The molecule has 3 N–H and O–H groups in total. The molecule has 6 nitrogen and oxygen atoms in total. The van der Waals surface area contributed by atoms with Gasteiger partial charge >= 0.3 is 5.97 Å². The fourth-order valence-electron chi connectivity index (χ4n) is 1.78. The van der Waals surface area contributed by atoms with E-state index in [2.05, 4.69) is 10.0 Å². The standard InChI is InChI=1S/C14H22N2O4S/c1-4-15-13-6-5-11(9-12(13)14(17)18)21(19,20)16-8-7-10(2)3/h5-6,9-10,15-16H,4,7-8H2,1-3H3,(H,17,18). The topological polar surface area (TPSA) is 95.5 Å². The van der Waals surface area contributed by atoms with Gasteiger partial charge in [-0.1, -0.05) is 13.8 Å². The van der Waals surface area contributed by atoms with Gasteiger partial charge in [-0.2, -0.15) is 0 Å². The van der Waals surface area contributed by atoms with Crippen LogP contribution in [0.5, 0.6) is 0 Å². The lowest BCUT2D eigenvalue weighted by Crippen LogP contribution is -2.26. The van der Waals surface area contributed by atoms with E-state index in [1.165, 1.54) is 18.2 Å². The smallest absolute Gasteiger partial charge is 0.337 e. The summed E-state index contributed by atoms with van der Waals surface area (Å²) in [5, 5.41) is 12.1. The van der Waals surface area contributed by atoms with Crippen LogP contribution >= 0.6 is 0 Å². The van der Waals surface area contributed by atoms with Gasteiger partial charge in [-0.25, -0.2) is 17.9 Å². The summed E-state index contributed by atoms with van der Waals surface area (Å²) in [6, 6.07) is 4.06. The van der Waals surface area contributed by atoms with Gasteiger partial charge in [-0.05, 0) is 37.5 Å². The van der Waals surface area contributed by atoms with E-state index in [1.807, 2.05) is 20.8 Å². The van der Waals surface area contributed by atoms with Gasteiger partial charge in [0, 0.05) is 18.8 Å². The molecule has 1 aromatic carbocycles. The van der Waals surface area contributed by atoms with E-state index < -0.39 is 16.0 Å². The first-order valence-corrected chi connectivity index (χ1v) is 8.37. The molecule has 0 saturated carbocycles. The lowest BCUT2D eigenvalue weighted by molar-refractivity contribution is 0.0697. The maximum absolute atomic E-state index is 12.1. The Balaban J connectivity index is 3.02. The van der Waals surface area contributed by atoms with E-state index in [0.717, 1.165) is 6.42 Å². The molecule has 0 fully saturated rings. The number of benzene rings is 1. The second kappa shape index (κ2) is 7.42. The average molecular weight is 314 g/mol. The van der Waals surface area contributed by atoms with Crippen LogP contribution in [0.25, 0.3) is 0 Å². The summed E-state index contributed by atoms with van der Waals surface area (Å²) >= 11 is 0. The first-order valence-electron chi connectivity index (χ1n) is 6.88. The molecule has 1 rings (SSSR count). The fraction of sp³-hybridized carbons (Fsp3) is 0.500.